The van der Waals surface area contributed by atoms with Gasteiger partial charge in [-0.25, -0.2) is 4.98 Å². The van der Waals surface area contributed by atoms with Crippen LogP contribution < -0.4 is 10.6 Å². The van der Waals surface area contributed by atoms with Crippen LogP contribution in [0.25, 0.3) is 0 Å². The lowest BCUT2D eigenvalue weighted by atomic mass is 9.67. The monoisotopic (exact) mass is 292 g/mol. The molecule has 0 unspecified atom stereocenters. The van der Waals surface area contributed by atoms with Crippen molar-refractivity contribution < 1.29 is 4.92 Å². The molecule has 0 amide bonds. The summed E-state index contributed by atoms with van der Waals surface area (Å²) < 4.78 is 0. The second-order valence-electron chi connectivity index (χ2n) is 5.81. The van der Waals surface area contributed by atoms with Crippen molar-refractivity contribution in [2.45, 2.75) is 46.0 Å². The Morgan fingerprint density at radius 1 is 1.33 bits per heavy atom. The third kappa shape index (κ3) is 3.62. The maximum absolute atomic E-state index is 11.1. The molecular formula is C15H24N4O2. The number of aromatic nitrogens is 1. The van der Waals surface area contributed by atoms with Crippen LogP contribution >= 0.6 is 0 Å². The molecule has 6 heteroatoms. The first-order chi connectivity index (χ1) is 10.1. The number of nitro groups is 1. The Hall–Kier alpha value is -1.85. The van der Waals surface area contributed by atoms with E-state index in [1.54, 1.807) is 6.07 Å². The van der Waals surface area contributed by atoms with Crippen molar-refractivity contribution in [1.29, 1.82) is 0 Å². The van der Waals surface area contributed by atoms with Crippen molar-refractivity contribution >= 4 is 17.3 Å². The van der Waals surface area contributed by atoms with Crippen LogP contribution in [-0.2, 0) is 0 Å². The molecule has 21 heavy (non-hydrogen) atoms. The lowest BCUT2D eigenvalue weighted by Crippen LogP contribution is -2.36. The average molecular weight is 292 g/mol. The molecule has 0 aromatic carbocycles. The smallest absolute Gasteiger partial charge is 0.311 e. The third-order valence-electron chi connectivity index (χ3n) is 4.42. The molecule has 0 aliphatic heterocycles. The van der Waals surface area contributed by atoms with E-state index in [0.717, 1.165) is 25.9 Å². The lowest BCUT2D eigenvalue weighted by Gasteiger charge is -2.41. The summed E-state index contributed by atoms with van der Waals surface area (Å²) in [5.41, 5.74) is 0.338. The van der Waals surface area contributed by atoms with E-state index in [1.807, 2.05) is 0 Å². The van der Waals surface area contributed by atoms with Crippen LogP contribution in [0.5, 0.6) is 0 Å². The molecule has 6 nitrogen and oxygen atoms in total. The van der Waals surface area contributed by atoms with Gasteiger partial charge in [0.15, 0.2) is 0 Å². The summed E-state index contributed by atoms with van der Waals surface area (Å²) in [7, 11) is 0. The minimum Gasteiger partial charge on any atom is -0.370 e. The van der Waals surface area contributed by atoms with Crippen LogP contribution in [-0.4, -0.2) is 23.0 Å². The summed E-state index contributed by atoms with van der Waals surface area (Å²) in [4.78, 5) is 15.1. The minimum atomic E-state index is -0.377. The Bertz CT molecular complexity index is 495. The van der Waals surface area contributed by atoms with Crippen molar-refractivity contribution in [3.05, 3.63) is 22.2 Å². The zero-order chi connectivity index (χ0) is 15.3. The fraction of sp³-hybridized carbons (Fsp3) is 0.667. The fourth-order valence-corrected chi connectivity index (χ4v) is 2.68. The SMILES string of the molecule is CCCNc1ccc([N+](=O)[O-])c(NCC2(CC)CCC2)n1. The van der Waals surface area contributed by atoms with Crippen LogP contribution in [0, 0.1) is 15.5 Å². The van der Waals surface area contributed by atoms with Crippen molar-refractivity contribution in [3.8, 4) is 0 Å². The molecule has 1 aliphatic carbocycles. The molecule has 0 bridgehead atoms. The first-order valence-electron chi connectivity index (χ1n) is 7.73. The van der Waals surface area contributed by atoms with Gasteiger partial charge in [-0.2, -0.15) is 0 Å². The van der Waals surface area contributed by atoms with E-state index < -0.39 is 0 Å². The summed E-state index contributed by atoms with van der Waals surface area (Å²) in [6.45, 7) is 5.82. The first-order valence-corrected chi connectivity index (χ1v) is 7.73. The van der Waals surface area contributed by atoms with Crippen molar-refractivity contribution in [2.24, 2.45) is 5.41 Å². The molecule has 1 saturated carbocycles. The predicted octanol–water partition coefficient (Wildman–Crippen LogP) is 3.80. The Morgan fingerprint density at radius 2 is 2.10 bits per heavy atom. The molecule has 1 fully saturated rings. The Kier molecular flexibility index (Phi) is 4.98. The zero-order valence-electron chi connectivity index (χ0n) is 12.8. The van der Waals surface area contributed by atoms with Gasteiger partial charge in [0.05, 0.1) is 4.92 Å². The van der Waals surface area contributed by atoms with Crippen LogP contribution in [0.15, 0.2) is 12.1 Å². The third-order valence-corrected chi connectivity index (χ3v) is 4.42. The molecule has 0 atom stereocenters. The van der Waals surface area contributed by atoms with Gasteiger partial charge in [0.1, 0.15) is 5.82 Å². The van der Waals surface area contributed by atoms with Crippen molar-refractivity contribution in [1.82, 2.24) is 4.98 Å². The Balaban J connectivity index is 2.12. The standard InChI is InChI=1S/C15H24N4O2/c1-3-10-16-13-7-6-12(19(20)21)14(18-13)17-11-15(4-2)8-5-9-15/h6-7H,3-5,8-11H2,1-2H3,(H2,16,17,18). The molecule has 116 valence electrons. The Morgan fingerprint density at radius 3 is 2.62 bits per heavy atom. The maximum atomic E-state index is 11.1. The second-order valence-corrected chi connectivity index (χ2v) is 5.81. The molecule has 1 aromatic rings. The van der Waals surface area contributed by atoms with Crippen LogP contribution in [0.4, 0.5) is 17.3 Å². The van der Waals surface area contributed by atoms with Crippen LogP contribution in [0.3, 0.4) is 0 Å². The van der Waals surface area contributed by atoms with Gasteiger partial charge in [0.25, 0.3) is 0 Å². The predicted molar refractivity (Wildman–Crippen MR) is 84.7 cm³/mol. The fourth-order valence-electron chi connectivity index (χ4n) is 2.68. The second kappa shape index (κ2) is 6.74. The summed E-state index contributed by atoms with van der Waals surface area (Å²) in [5, 5.41) is 17.5. The lowest BCUT2D eigenvalue weighted by molar-refractivity contribution is -0.384. The highest BCUT2D eigenvalue weighted by atomic mass is 16.6. The molecule has 1 aliphatic rings. The largest absolute Gasteiger partial charge is 0.370 e. The minimum absolute atomic E-state index is 0.0441. The number of nitrogens with one attached hydrogen (secondary N) is 2. The van der Waals surface area contributed by atoms with Gasteiger partial charge >= 0.3 is 5.69 Å². The highest BCUT2D eigenvalue weighted by Crippen LogP contribution is 2.44. The number of pyridine rings is 1. The molecule has 2 rings (SSSR count). The van der Waals surface area contributed by atoms with E-state index in [-0.39, 0.29) is 10.6 Å². The van der Waals surface area contributed by atoms with E-state index in [1.165, 1.54) is 25.3 Å². The molecule has 1 aromatic heterocycles. The van der Waals surface area contributed by atoms with Gasteiger partial charge in [-0.15, -0.1) is 0 Å². The summed E-state index contributed by atoms with van der Waals surface area (Å²) >= 11 is 0. The number of nitrogens with zero attached hydrogens (tertiary/aromatic N) is 2. The normalized spacial score (nSPS) is 16.1. The van der Waals surface area contributed by atoms with E-state index in [4.69, 9.17) is 0 Å². The quantitative estimate of drug-likeness (QED) is 0.562. The van der Waals surface area contributed by atoms with Gasteiger partial charge in [0.2, 0.25) is 5.82 Å². The Labute approximate surface area is 125 Å². The number of hydrogen-bond acceptors (Lipinski definition) is 5. The van der Waals surface area contributed by atoms with Gasteiger partial charge < -0.3 is 10.6 Å². The van der Waals surface area contributed by atoms with E-state index in [9.17, 15) is 10.1 Å². The van der Waals surface area contributed by atoms with E-state index >= 15 is 0 Å². The number of rotatable bonds is 8. The summed E-state index contributed by atoms with van der Waals surface area (Å²) in [6.07, 6.45) is 5.72. The highest BCUT2D eigenvalue weighted by molar-refractivity contribution is 5.60. The topological polar surface area (TPSA) is 80.1 Å². The molecule has 1 heterocycles. The van der Waals surface area contributed by atoms with Gasteiger partial charge in [0, 0.05) is 19.2 Å². The highest BCUT2D eigenvalue weighted by Gasteiger charge is 2.35. The first kappa shape index (κ1) is 15.5. The van der Waals surface area contributed by atoms with Crippen LogP contribution in [0.1, 0.15) is 46.0 Å². The van der Waals surface area contributed by atoms with Gasteiger partial charge in [-0.1, -0.05) is 20.3 Å². The zero-order valence-corrected chi connectivity index (χ0v) is 12.8. The van der Waals surface area contributed by atoms with Gasteiger partial charge in [-0.05, 0) is 37.2 Å². The van der Waals surface area contributed by atoms with E-state index in [2.05, 4.69) is 29.5 Å². The summed E-state index contributed by atoms with van der Waals surface area (Å²) in [6, 6.07) is 3.19. The van der Waals surface area contributed by atoms with Crippen molar-refractivity contribution in [3.63, 3.8) is 0 Å². The molecule has 0 saturated heterocycles. The summed E-state index contributed by atoms with van der Waals surface area (Å²) in [5.74, 6) is 1.06. The average Bonchev–Trinajstić information content (AvgIpc) is 2.44. The van der Waals surface area contributed by atoms with Gasteiger partial charge in [-0.3, -0.25) is 10.1 Å². The molecule has 2 N–H and O–H groups in total. The van der Waals surface area contributed by atoms with Crippen LogP contribution in [0.2, 0.25) is 0 Å². The van der Waals surface area contributed by atoms with E-state index in [0.29, 0.717) is 17.1 Å². The molecular weight excluding hydrogens is 268 g/mol. The number of anilines is 2. The molecule has 0 spiro atoms. The van der Waals surface area contributed by atoms with Crippen molar-refractivity contribution in [2.75, 3.05) is 23.7 Å². The maximum Gasteiger partial charge on any atom is 0.311 e. The molecule has 0 radical (unpaired) electrons. The number of hydrogen-bond donors (Lipinski definition) is 2.